The maximum atomic E-state index is 5.49. The van der Waals surface area contributed by atoms with Crippen molar-refractivity contribution in [1.82, 2.24) is 9.55 Å². The van der Waals surface area contributed by atoms with Crippen LogP contribution in [0.2, 0.25) is 0 Å². The first-order valence-electron chi connectivity index (χ1n) is 4.69. The lowest BCUT2D eigenvalue weighted by molar-refractivity contribution is 0.120. The van der Waals surface area contributed by atoms with Crippen molar-refractivity contribution in [2.24, 2.45) is 7.05 Å². The minimum absolute atomic E-state index is 0.372. The molecule has 4 nitrogen and oxygen atoms in total. The number of aromatic nitrogens is 2. The molecule has 1 unspecified atom stereocenters. The van der Waals surface area contributed by atoms with Crippen molar-refractivity contribution in [3.8, 4) is 0 Å². The average molecular weight is 181 g/mol. The summed E-state index contributed by atoms with van der Waals surface area (Å²) >= 11 is 0. The number of imidazole rings is 1. The maximum absolute atomic E-state index is 5.49. The van der Waals surface area contributed by atoms with Crippen molar-refractivity contribution < 1.29 is 4.74 Å². The normalized spacial score (nSPS) is 22.1. The zero-order chi connectivity index (χ0) is 9.10. The third kappa shape index (κ3) is 2.01. The SMILES string of the molecule is Cn1ccnc1NCC1CCCO1. The number of nitrogens with zero attached hydrogens (tertiary/aromatic N) is 2. The van der Waals surface area contributed by atoms with E-state index in [9.17, 15) is 0 Å². The molecule has 0 saturated carbocycles. The van der Waals surface area contributed by atoms with E-state index >= 15 is 0 Å². The van der Waals surface area contributed by atoms with Crippen LogP contribution in [0.4, 0.5) is 5.95 Å². The van der Waals surface area contributed by atoms with Crippen LogP contribution in [0.1, 0.15) is 12.8 Å². The van der Waals surface area contributed by atoms with E-state index in [1.807, 2.05) is 17.8 Å². The first kappa shape index (κ1) is 8.56. The zero-order valence-corrected chi connectivity index (χ0v) is 7.86. The molecular weight excluding hydrogens is 166 g/mol. The van der Waals surface area contributed by atoms with Gasteiger partial charge in [-0.05, 0) is 12.8 Å². The molecular formula is C9H15N3O. The van der Waals surface area contributed by atoms with E-state index in [0.717, 1.165) is 25.5 Å². The van der Waals surface area contributed by atoms with Gasteiger partial charge >= 0.3 is 0 Å². The number of anilines is 1. The highest BCUT2D eigenvalue weighted by atomic mass is 16.5. The van der Waals surface area contributed by atoms with Crippen LogP contribution in [0.3, 0.4) is 0 Å². The van der Waals surface area contributed by atoms with E-state index in [1.165, 1.54) is 6.42 Å². The third-order valence-electron chi connectivity index (χ3n) is 2.33. The van der Waals surface area contributed by atoms with Crippen LogP contribution >= 0.6 is 0 Å². The van der Waals surface area contributed by atoms with E-state index in [4.69, 9.17) is 4.74 Å². The van der Waals surface area contributed by atoms with Gasteiger partial charge in [-0.15, -0.1) is 0 Å². The Hall–Kier alpha value is -1.03. The van der Waals surface area contributed by atoms with E-state index in [2.05, 4.69) is 10.3 Å². The molecule has 1 atom stereocenters. The maximum Gasteiger partial charge on any atom is 0.202 e. The second-order valence-corrected chi connectivity index (χ2v) is 3.38. The molecule has 2 heterocycles. The van der Waals surface area contributed by atoms with Crippen molar-refractivity contribution in [2.45, 2.75) is 18.9 Å². The summed E-state index contributed by atoms with van der Waals surface area (Å²) in [7, 11) is 1.98. The summed E-state index contributed by atoms with van der Waals surface area (Å²) in [6, 6.07) is 0. The summed E-state index contributed by atoms with van der Waals surface area (Å²) in [5.41, 5.74) is 0. The van der Waals surface area contributed by atoms with E-state index in [0.29, 0.717) is 6.10 Å². The molecule has 1 fully saturated rings. The predicted octanol–water partition coefficient (Wildman–Crippen LogP) is 1.01. The van der Waals surface area contributed by atoms with Gasteiger partial charge in [0.05, 0.1) is 6.10 Å². The number of hydrogen-bond donors (Lipinski definition) is 1. The molecule has 1 saturated heterocycles. The monoisotopic (exact) mass is 181 g/mol. The van der Waals surface area contributed by atoms with Crippen molar-refractivity contribution in [3.05, 3.63) is 12.4 Å². The summed E-state index contributed by atoms with van der Waals surface area (Å²) in [6.07, 6.45) is 6.44. The summed E-state index contributed by atoms with van der Waals surface area (Å²) < 4.78 is 7.46. The Labute approximate surface area is 77.9 Å². The Kier molecular flexibility index (Phi) is 2.49. The fraction of sp³-hybridized carbons (Fsp3) is 0.667. The van der Waals surface area contributed by atoms with E-state index in [-0.39, 0.29) is 0 Å². The average Bonchev–Trinajstić information content (AvgIpc) is 2.72. The lowest BCUT2D eigenvalue weighted by Gasteiger charge is -2.10. The highest BCUT2D eigenvalue weighted by Gasteiger charge is 2.15. The topological polar surface area (TPSA) is 39.1 Å². The number of aryl methyl sites for hydroxylation is 1. The molecule has 13 heavy (non-hydrogen) atoms. The second-order valence-electron chi connectivity index (χ2n) is 3.38. The third-order valence-corrected chi connectivity index (χ3v) is 2.33. The van der Waals surface area contributed by atoms with Gasteiger partial charge in [0.2, 0.25) is 5.95 Å². The van der Waals surface area contributed by atoms with Gasteiger partial charge in [0.15, 0.2) is 0 Å². The quantitative estimate of drug-likeness (QED) is 0.756. The van der Waals surface area contributed by atoms with E-state index < -0.39 is 0 Å². The van der Waals surface area contributed by atoms with Gasteiger partial charge in [0, 0.05) is 32.6 Å². The molecule has 0 aliphatic carbocycles. The lowest BCUT2D eigenvalue weighted by Crippen LogP contribution is -2.19. The van der Waals surface area contributed by atoms with Crippen molar-refractivity contribution in [1.29, 1.82) is 0 Å². The molecule has 0 aromatic carbocycles. The Bertz CT molecular complexity index is 266. The number of nitrogens with one attached hydrogen (secondary N) is 1. The van der Waals surface area contributed by atoms with Crippen LogP contribution in [-0.2, 0) is 11.8 Å². The molecule has 1 aliphatic heterocycles. The molecule has 0 amide bonds. The van der Waals surface area contributed by atoms with Crippen molar-refractivity contribution in [3.63, 3.8) is 0 Å². The van der Waals surface area contributed by atoms with Gasteiger partial charge in [-0.3, -0.25) is 0 Å². The van der Waals surface area contributed by atoms with Gasteiger partial charge in [-0.2, -0.15) is 0 Å². The molecule has 0 spiro atoms. The number of hydrogen-bond acceptors (Lipinski definition) is 3. The van der Waals surface area contributed by atoms with Crippen LogP contribution in [0.25, 0.3) is 0 Å². The summed E-state index contributed by atoms with van der Waals surface area (Å²) in [6.45, 7) is 1.78. The Morgan fingerprint density at radius 3 is 3.31 bits per heavy atom. The van der Waals surface area contributed by atoms with Gasteiger partial charge in [-0.1, -0.05) is 0 Å². The van der Waals surface area contributed by atoms with Crippen LogP contribution in [0.5, 0.6) is 0 Å². The Morgan fingerprint density at radius 1 is 1.77 bits per heavy atom. The first-order valence-corrected chi connectivity index (χ1v) is 4.69. The molecule has 1 aromatic rings. The molecule has 1 aliphatic rings. The molecule has 2 rings (SSSR count). The largest absolute Gasteiger partial charge is 0.376 e. The second kappa shape index (κ2) is 3.79. The molecule has 4 heteroatoms. The van der Waals surface area contributed by atoms with Crippen LogP contribution in [0, 0.1) is 0 Å². The lowest BCUT2D eigenvalue weighted by atomic mass is 10.2. The fourth-order valence-corrected chi connectivity index (χ4v) is 1.55. The Balaban J connectivity index is 1.82. The van der Waals surface area contributed by atoms with Gasteiger partial charge in [-0.25, -0.2) is 4.98 Å². The number of rotatable bonds is 3. The Morgan fingerprint density at radius 2 is 2.69 bits per heavy atom. The molecule has 0 bridgehead atoms. The molecule has 1 N–H and O–H groups in total. The summed E-state index contributed by atoms with van der Waals surface area (Å²) in [5.74, 6) is 0.913. The molecule has 72 valence electrons. The van der Waals surface area contributed by atoms with Gasteiger partial charge in [0.1, 0.15) is 0 Å². The summed E-state index contributed by atoms with van der Waals surface area (Å²) in [5, 5.41) is 3.26. The summed E-state index contributed by atoms with van der Waals surface area (Å²) in [4.78, 5) is 4.17. The zero-order valence-electron chi connectivity index (χ0n) is 7.86. The standard InChI is InChI=1S/C9H15N3O/c1-12-5-4-10-9(12)11-7-8-3-2-6-13-8/h4-5,8H,2-3,6-7H2,1H3,(H,10,11). The van der Waals surface area contributed by atoms with Gasteiger partial charge < -0.3 is 14.6 Å². The van der Waals surface area contributed by atoms with Crippen molar-refractivity contribution in [2.75, 3.05) is 18.5 Å². The van der Waals surface area contributed by atoms with Crippen molar-refractivity contribution >= 4 is 5.95 Å². The van der Waals surface area contributed by atoms with Crippen LogP contribution in [0.15, 0.2) is 12.4 Å². The van der Waals surface area contributed by atoms with Crippen LogP contribution < -0.4 is 5.32 Å². The minimum Gasteiger partial charge on any atom is -0.376 e. The fourth-order valence-electron chi connectivity index (χ4n) is 1.55. The van der Waals surface area contributed by atoms with Gasteiger partial charge in [0.25, 0.3) is 0 Å². The minimum atomic E-state index is 0.372. The highest BCUT2D eigenvalue weighted by Crippen LogP contribution is 2.12. The van der Waals surface area contributed by atoms with Crippen LogP contribution in [-0.4, -0.2) is 28.8 Å². The first-order chi connectivity index (χ1) is 6.36. The highest BCUT2D eigenvalue weighted by molar-refractivity contribution is 5.25. The van der Waals surface area contributed by atoms with E-state index in [1.54, 1.807) is 6.20 Å². The predicted molar refractivity (Wildman–Crippen MR) is 50.7 cm³/mol. The smallest absolute Gasteiger partial charge is 0.202 e. The number of ether oxygens (including phenoxy) is 1. The molecule has 1 aromatic heterocycles. The molecule has 0 radical (unpaired) electrons.